The Morgan fingerprint density at radius 3 is 2.67 bits per heavy atom. The predicted octanol–water partition coefficient (Wildman–Crippen LogP) is 3.19. The van der Waals surface area contributed by atoms with Crippen LogP contribution in [0.25, 0.3) is 0 Å². The minimum absolute atomic E-state index is 0.0764. The zero-order valence-electron chi connectivity index (χ0n) is 12.5. The van der Waals surface area contributed by atoms with E-state index in [1.165, 1.54) is 0 Å². The minimum atomic E-state index is -0.0764. The molecule has 2 N–H and O–H groups in total. The van der Waals surface area contributed by atoms with Crippen LogP contribution in [0.15, 0.2) is 24.3 Å². The maximum atomic E-state index is 12.3. The van der Waals surface area contributed by atoms with Gasteiger partial charge in [-0.25, -0.2) is 0 Å². The molecule has 116 valence electrons. The molecule has 0 saturated heterocycles. The van der Waals surface area contributed by atoms with E-state index in [0.717, 1.165) is 31.2 Å². The van der Waals surface area contributed by atoms with Crippen LogP contribution in [0.4, 0.5) is 0 Å². The Morgan fingerprint density at radius 1 is 1.33 bits per heavy atom. The molecule has 3 nitrogen and oxygen atoms in total. The van der Waals surface area contributed by atoms with Crippen LogP contribution in [-0.2, 0) is 11.2 Å². The fourth-order valence-electron chi connectivity index (χ4n) is 3.01. The topological polar surface area (TPSA) is 49.3 Å². The molecule has 0 spiro atoms. The lowest BCUT2D eigenvalue weighted by Crippen LogP contribution is -2.45. The highest BCUT2D eigenvalue weighted by Crippen LogP contribution is 2.24. The maximum absolute atomic E-state index is 12.3. The fourth-order valence-corrected chi connectivity index (χ4v) is 3.13. The van der Waals surface area contributed by atoms with Gasteiger partial charge in [-0.3, -0.25) is 4.79 Å². The Hall–Kier alpha value is -1.06. The second-order valence-corrected chi connectivity index (χ2v) is 6.51. The lowest BCUT2D eigenvalue weighted by Gasteiger charge is -2.31. The second kappa shape index (κ2) is 7.81. The van der Waals surface area contributed by atoms with Crippen molar-refractivity contribution in [1.29, 1.82) is 0 Å². The molecule has 1 aromatic rings. The number of hydrogen-bond acceptors (Lipinski definition) is 2. The van der Waals surface area contributed by atoms with Gasteiger partial charge in [0.15, 0.2) is 0 Å². The third-order valence-electron chi connectivity index (χ3n) is 4.37. The van der Waals surface area contributed by atoms with E-state index in [1.807, 2.05) is 31.2 Å². The van der Waals surface area contributed by atoms with Gasteiger partial charge in [-0.15, -0.1) is 0 Å². The van der Waals surface area contributed by atoms with Gasteiger partial charge in [0.2, 0.25) is 5.91 Å². The number of hydrogen-bond donors (Lipinski definition) is 2. The van der Waals surface area contributed by atoms with Gasteiger partial charge in [-0.2, -0.15) is 0 Å². The van der Waals surface area contributed by atoms with Gasteiger partial charge >= 0.3 is 0 Å². The number of benzene rings is 1. The van der Waals surface area contributed by atoms with Crippen molar-refractivity contribution in [3.05, 3.63) is 34.9 Å². The quantitative estimate of drug-likeness (QED) is 0.877. The van der Waals surface area contributed by atoms with E-state index in [0.29, 0.717) is 11.4 Å². The van der Waals surface area contributed by atoms with Crippen molar-refractivity contribution >= 4 is 17.5 Å². The summed E-state index contributed by atoms with van der Waals surface area (Å²) in [5.74, 6) is 0.216. The smallest absolute Gasteiger partial charge is 0.223 e. The number of halogens is 1. The van der Waals surface area contributed by atoms with E-state index in [9.17, 15) is 9.90 Å². The molecule has 3 unspecified atom stereocenters. The average Bonchev–Trinajstić information content (AvgIpc) is 2.50. The average molecular weight is 310 g/mol. The second-order valence-electron chi connectivity index (χ2n) is 6.07. The van der Waals surface area contributed by atoms with Crippen LogP contribution in [-0.4, -0.2) is 23.7 Å². The van der Waals surface area contributed by atoms with Crippen molar-refractivity contribution < 1.29 is 9.90 Å². The molecule has 21 heavy (non-hydrogen) atoms. The molecular weight excluding hydrogens is 286 g/mol. The lowest BCUT2D eigenvalue weighted by atomic mass is 9.84. The normalized spacial score (nSPS) is 23.6. The van der Waals surface area contributed by atoms with E-state index in [1.54, 1.807) is 0 Å². The highest BCUT2D eigenvalue weighted by Gasteiger charge is 2.27. The zero-order valence-corrected chi connectivity index (χ0v) is 13.3. The molecule has 2 rings (SSSR count). The van der Waals surface area contributed by atoms with Crippen LogP contribution < -0.4 is 5.32 Å². The molecule has 0 bridgehead atoms. The molecule has 3 atom stereocenters. The Bertz CT molecular complexity index is 460. The number of carbonyl (C=O) groups excluding carboxylic acids is 1. The predicted molar refractivity (Wildman–Crippen MR) is 85.3 cm³/mol. The third-order valence-corrected chi connectivity index (χ3v) is 4.63. The molecular formula is C17H24ClNO2. The van der Waals surface area contributed by atoms with Crippen molar-refractivity contribution in [3.8, 4) is 0 Å². The first kappa shape index (κ1) is 16.3. The molecule has 1 fully saturated rings. The molecule has 0 radical (unpaired) electrons. The number of rotatable bonds is 5. The Morgan fingerprint density at radius 2 is 2.00 bits per heavy atom. The highest BCUT2D eigenvalue weighted by molar-refractivity contribution is 6.30. The zero-order chi connectivity index (χ0) is 15.2. The first-order chi connectivity index (χ1) is 10.1. The van der Waals surface area contributed by atoms with Crippen LogP contribution in [0.5, 0.6) is 0 Å². The van der Waals surface area contributed by atoms with Crippen molar-refractivity contribution in [1.82, 2.24) is 5.32 Å². The fraction of sp³-hybridized carbons (Fsp3) is 0.588. The molecule has 0 aliphatic heterocycles. The summed E-state index contributed by atoms with van der Waals surface area (Å²) in [6, 6.07) is 7.75. The van der Waals surface area contributed by atoms with E-state index >= 15 is 0 Å². The Kier molecular flexibility index (Phi) is 6.07. The van der Waals surface area contributed by atoms with Gasteiger partial charge in [-0.05, 0) is 37.0 Å². The Balaban J connectivity index is 1.88. The van der Waals surface area contributed by atoms with Gasteiger partial charge in [0.25, 0.3) is 0 Å². The summed E-state index contributed by atoms with van der Waals surface area (Å²) in [5.41, 5.74) is 1.12. The first-order valence-corrected chi connectivity index (χ1v) is 8.13. The summed E-state index contributed by atoms with van der Waals surface area (Å²) in [6.07, 6.45) is 4.97. The summed E-state index contributed by atoms with van der Waals surface area (Å²) in [4.78, 5) is 12.3. The van der Waals surface area contributed by atoms with Crippen LogP contribution >= 0.6 is 11.6 Å². The molecule has 1 saturated carbocycles. The van der Waals surface area contributed by atoms with E-state index < -0.39 is 0 Å². The standard InChI is InChI=1S/C17H24ClNO2/c1-12(10-13-6-8-15(18)9-7-13)17(21)19-16-5-3-2-4-14(16)11-20/h6-9,12,14,16,20H,2-5,10-11H2,1H3,(H,19,21). The summed E-state index contributed by atoms with van der Waals surface area (Å²) in [7, 11) is 0. The lowest BCUT2D eigenvalue weighted by molar-refractivity contribution is -0.126. The summed E-state index contributed by atoms with van der Waals surface area (Å²) < 4.78 is 0. The van der Waals surface area contributed by atoms with Crippen molar-refractivity contribution in [2.24, 2.45) is 11.8 Å². The maximum Gasteiger partial charge on any atom is 0.223 e. The van der Waals surface area contributed by atoms with Gasteiger partial charge in [0, 0.05) is 29.5 Å². The van der Waals surface area contributed by atoms with Crippen molar-refractivity contribution in [2.45, 2.75) is 45.1 Å². The summed E-state index contributed by atoms with van der Waals surface area (Å²) >= 11 is 5.87. The molecule has 0 aromatic heterocycles. The monoisotopic (exact) mass is 309 g/mol. The minimum Gasteiger partial charge on any atom is -0.396 e. The van der Waals surface area contributed by atoms with Gasteiger partial charge < -0.3 is 10.4 Å². The molecule has 1 aromatic carbocycles. The number of amides is 1. The number of aliphatic hydroxyl groups is 1. The first-order valence-electron chi connectivity index (χ1n) is 7.76. The largest absolute Gasteiger partial charge is 0.396 e. The van der Waals surface area contributed by atoms with E-state index in [-0.39, 0.29) is 30.4 Å². The Labute approximate surface area is 131 Å². The number of aliphatic hydroxyl groups excluding tert-OH is 1. The number of nitrogens with one attached hydrogen (secondary N) is 1. The van der Waals surface area contributed by atoms with Crippen LogP contribution in [0.2, 0.25) is 5.02 Å². The third kappa shape index (κ3) is 4.72. The highest BCUT2D eigenvalue weighted by atomic mass is 35.5. The van der Waals surface area contributed by atoms with E-state index in [2.05, 4.69) is 5.32 Å². The van der Waals surface area contributed by atoms with Crippen LogP contribution in [0.3, 0.4) is 0 Å². The van der Waals surface area contributed by atoms with Crippen molar-refractivity contribution in [2.75, 3.05) is 6.61 Å². The van der Waals surface area contributed by atoms with Crippen LogP contribution in [0, 0.1) is 11.8 Å². The van der Waals surface area contributed by atoms with Crippen LogP contribution in [0.1, 0.15) is 38.2 Å². The molecule has 1 aliphatic carbocycles. The van der Waals surface area contributed by atoms with E-state index in [4.69, 9.17) is 11.6 Å². The molecule has 1 aliphatic rings. The van der Waals surface area contributed by atoms with Gasteiger partial charge in [-0.1, -0.05) is 43.5 Å². The molecule has 4 heteroatoms. The van der Waals surface area contributed by atoms with Crippen molar-refractivity contribution in [3.63, 3.8) is 0 Å². The van der Waals surface area contributed by atoms with Gasteiger partial charge in [0.1, 0.15) is 0 Å². The van der Waals surface area contributed by atoms with Gasteiger partial charge in [0.05, 0.1) is 0 Å². The SMILES string of the molecule is CC(Cc1ccc(Cl)cc1)C(=O)NC1CCCCC1CO. The number of carbonyl (C=O) groups is 1. The summed E-state index contributed by atoms with van der Waals surface area (Å²) in [5, 5.41) is 13.2. The molecule has 1 amide bonds. The summed E-state index contributed by atoms with van der Waals surface area (Å²) in [6.45, 7) is 2.11. The molecule has 0 heterocycles.